The van der Waals surface area contributed by atoms with E-state index >= 15 is 0 Å². The maximum absolute atomic E-state index is 13.0. The van der Waals surface area contributed by atoms with E-state index in [9.17, 15) is 14.0 Å². The Bertz CT molecular complexity index is 1160. The molecule has 9 heteroatoms. The van der Waals surface area contributed by atoms with E-state index in [1.54, 1.807) is 18.3 Å². The number of benzene rings is 2. The van der Waals surface area contributed by atoms with Crippen LogP contribution in [-0.2, 0) is 4.79 Å². The van der Waals surface area contributed by atoms with E-state index < -0.39 is 5.91 Å². The smallest absolute Gasteiger partial charge is 0.262 e. The Morgan fingerprint density at radius 2 is 1.69 bits per heavy atom. The third-order valence-electron chi connectivity index (χ3n) is 5.60. The summed E-state index contributed by atoms with van der Waals surface area (Å²) in [6.45, 7) is 1.72. The first kappa shape index (κ1) is 24.0. The zero-order chi connectivity index (χ0) is 24.6. The van der Waals surface area contributed by atoms with Gasteiger partial charge in [-0.1, -0.05) is 0 Å². The van der Waals surface area contributed by atoms with Crippen LogP contribution in [-0.4, -0.2) is 43.6 Å². The SMILES string of the molecule is COc1cc(C(=O)Nc2ccc(N3CCCCC3)nc2)ccc1OCC(=O)Nc1ccc(F)cc1. The summed E-state index contributed by atoms with van der Waals surface area (Å²) < 4.78 is 23.9. The van der Waals surface area contributed by atoms with Gasteiger partial charge in [0.2, 0.25) is 0 Å². The van der Waals surface area contributed by atoms with Gasteiger partial charge < -0.3 is 25.0 Å². The van der Waals surface area contributed by atoms with Crippen molar-refractivity contribution in [2.45, 2.75) is 19.3 Å². The molecule has 4 rings (SSSR count). The van der Waals surface area contributed by atoms with Crippen molar-refractivity contribution in [3.05, 3.63) is 72.2 Å². The molecule has 1 aromatic heterocycles. The molecule has 2 amide bonds. The molecule has 0 aliphatic carbocycles. The fourth-order valence-corrected chi connectivity index (χ4v) is 3.77. The van der Waals surface area contributed by atoms with Gasteiger partial charge in [0.15, 0.2) is 18.1 Å². The van der Waals surface area contributed by atoms with Crippen LogP contribution in [0.3, 0.4) is 0 Å². The number of nitrogens with zero attached hydrogens (tertiary/aromatic N) is 2. The van der Waals surface area contributed by atoms with E-state index in [0.29, 0.717) is 28.4 Å². The van der Waals surface area contributed by atoms with Gasteiger partial charge in [-0.3, -0.25) is 9.59 Å². The van der Waals surface area contributed by atoms with Crippen LogP contribution in [0, 0.1) is 5.82 Å². The minimum Gasteiger partial charge on any atom is -0.493 e. The van der Waals surface area contributed by atoms with Crippen LogP contribution >= 0.6 is 0 Å². The highest BCUT2D eigenvalue weighted by Gasteiger charge is 2.15. The lowest BCUT2D eigenvalue weighted by Crippen LogP contribution is -2.30. The highest BCUT2D eigenvalue weighted by Crippen LogP contribution is 2.28. The van der Waals surface area contributed by atoms with Gasteiger partial charge in [-0.25, -0.2) is 9.37 Å². The van der Waals surface area contributed by atoms with Crippen molar-refractivity contribution in [3.8, 4) is 11.5 Å². The van der Waals surface area contributed by atoms with Crippen LogP contribution in [0.1, 0.15) is 29.6 Å². The summed E-state index contributed by atoms with van der Waals surface area (Å²) in [6, 6.07) is 13.9. The number of piperidine rings is 1. The number of halogens is 1. The largest absolute Gasteiger partial charge is 0.493 e. The van der Waals surface area contributed by atoms with Crippen molar-refractivity contribution in [3.63, 3.8) is 0 Å². The molecule has 0 saturated carbocycles. The third-order valence-corrected chi connectivity index (χ3v) is 5.60. The van der Waals surface area contributed by atoms with Gasteiger partial charge in [0.1, 0.15) is 11.6 Å². The number of aromatic nitrogens is 1. The molecule has 35 heavy (non-hydrogen) atoms. The van der Waals surface area contributed by atoms with Crippen LogP contribution in [0.4, 0.5) is 21.6 Å². The molecule has 1 aliphatic heterocycles. The van der Waals surface area contributed by atoms with Crippen molar-refractivity contribution >= 4 is 29.0 Å². The Balaban J connectivity index is 1.34. The molecule has 2 aromatic carbocycles. The highest BCUT2D eigenvalue weighted by atomic mass is 19.1. The summed E-state index contributed by atoms with van der Waals surface area (Å²) in [6.07, 6.45) is 5.23. The van der Waals surface area contributed by atoms with E-state index in [-0.39, 0.29) is 18.3 Å². The minimum absolute atomic E-state index is 0.283. The normalized spacial score (nSPS) is 13.1. The van der Waals surface area contributed by atoms with Crippen LogP contribution in [0.2, 0.25) is 0 Å². The molecule has 2 N–H and O–H groups in total. The second kappa shape index (κ2) is 11.3. The average molecular weight is 479 g/mol. The number of ether oxygens (including phenoxy) is 2. The monoisotopic (exact) mass is 478 g/mol. The van der Waals surface area contributed by atoms with Gasteiger partial charge in [0.25, 0.3) is 11.8 Å². The number of carbonyl (C=O) groups excluding carboxylic acids is 2. The molecular weight excluding hydrogens is 451 g/mol. The number of pyridine rings is 1. The van der Waals surface area contributed by atoms with Crippen LogP contribution in [0.15, 0.2) is 60.8 Å². The van der Waals surface area contributed by atoms with E-state index in [1.165, 1.54) is 56.7 Å². The summed E-state index contributed by atoms with van der Waals surface area (Å²) in [4.78, 5) is 31.6. The fourth-order valence-electron chi connectivity index (χ4n) is 3.77. The lowest BCUT2D eigenvalue weighted by atomic mass is 10.1. The summed E-state index contributed by atoms with van der Waals surface area (Å²) in [5.41, 5.74) is 1.41. The van der Waals surface area contributed by atoms with Crippen LogP contribution < -0.4 is 25.0 Å². The maximum Gasteiger partial charge on any atom is 0.262 e. The highest BCUT2D eigenvalue weighted by molar-refractivity contribution is 6.04. The van der Waals surface area contributed by atoms with Crippen molar-refractivity contribution in [2.24, 2.45) is 0 Å². The molecular formula is C26H27FN4O4. The molecule has 0 atom stereocenters. The predicted octanol–water partition coefficient (Wildman–Crippen LogP) is 4.49. The molecule has 0 spiro atoms. The first-order valence-corrected chi connectivity index (χ1v) is 11.4. The fraction of sp³-hybridized carbons (Fsp3) is 0.269. The van der Waals surface area contributed by atoms with Crippen LogP contribution in [0.25, 0.3) is 0 Å². The first-order valence-electron chi connectivity index (χ1n) is 11.4. The van der Waals surface area contributed by atoms with Crippen molar-refractivity contribution in [1.82, 2.24) is 4.98 Å². The number of carbonyl (C=O) groups is 2. The maximum atomic E-state index is 13.0. The second-order valence-corrected chi connectivity index (χ2v) is 8.12. The van der Waals surface area contributed by atoms with Gasteiger partial charge in [0, 0.05) is 24.3 Å². The van der Waals surface area contributed by atoms with Crippen LogP contribution in [0.5, 0.6) is 11.5 Å². The molecule has 0 unspecified atom stereocenters. The molecule has 182 valence electrons. The molecule has 1 fully saturated rings. The Morgan fingerprint density at radius 1 is 0.943 bits per heavy atom. The molecule has 8 nitrogen and oxygen atoms in total. The molecule has 0 bridgehead atoms. The number of amides is 2. The molecule has 3 aromatic rings. The zero-order valence-electron chi connectivity index (χ0n) is 19.4. The number of anilines is 3. The van der Waals surface area contributed by atoms with Gasteiger partial charge in [-0.2, -0.15) is 0 Å². The quantitative estimate of drug-likeness (QED) is 0.496. The summed E-state index contributed by atoms with van der Waals surface area (Å²) in [7, 11) is 1.45. The number of rotatable bonds is 8. The van der Waals surface area contributed by atoms with Crippen molar-refractivity contribution in [1.29, 1.82) is 0 Å². The van der Waals surface area contributed by atoms with Gasteiger partial charge in [-0.05, 0) is 73.9 Å². The zero-order valence-corrected chi connectivity index (χ0v) is 19.4. The van der Waals surface area contributed by atoms with E-state index in [2.05, 4.69) is 20.5 Å². The Morgan fingerprint density at radius 3 is 2.37 bits per heavy atom. The Hall–Kier alpha value is -4.14. The predicted molar refractivity (Wildman–Crippen MR) is 132 cm³/mol. The number of nitrogens with one attached hydrogen (secondary N) is 2. The third kappa shape index (κ3) is 6.47. The van der Waals surface area contributed by atoms with Crippen molar-refractivity contribution < 1.29 is 23.5 Å². The van der Waals surface area contributed by atoms with Gasteiger partial charge in [0.05, 0.1) is 19.0 Å². The van der Waals surface area contributed by atoms with Gasteiger partial charge >= 0.3 is 0 Å². The topological polar surface area (TPSA) is 92.8 Å². The molecule has 1 aliphatic rings. The van der Waals surface area contributed by atoms with E-state index in [1.807, 2.05) is 12.1 Å². The standard InChI is InChI=1S/C26H27FN4O4/c1-34-23-15-18(5-11-22(23)35-17-25(32)29-20-8-6-19(27)7-9-20)26(33)30-21-10-12-24(28-16-21)31-13-3-2-4-14-31/h5-12,15-16H,2-4,13-14,17H2,1H3,(H,29,32)(H,30,33). The summed E-state index contributed by atoms with van der Waals surface area (Å²) in [5.74, 6) is 0.405. The first-order chi connectivity index (χ1) is 17.0. The molecule has 2 heterocycles. The van der Waals surface area contributed by atoms with Crippen molar-refractivity contribution in [2.75, 3.05) is 42.3 Å². The minimum atomic E-state index is -0.416. The average Bonchev–Trinajstić information content (AvgIpc) is 2.89. The molecule has 0 radical (unpaired) electrons. The summed E-state index contributed by atoms with van der Waals surface area (Å²) >= 11 is 0. The molecule has 1 saturated heterocycles. The van der Waals surface area contributed by atoms with E-state index in [4.69, 9.17) is 9.47 Å². The Labute approximate surface area is 203 Å². The number of hydrogen-bond acceptors (Lipinski definition) is 6. The Kier molecular flexibility index (Phi) is 7.77. The number of methoxy groups -OCH3 is 1. The number of hydrogen-bond donors (Lipinski definition) is 2. The van der Waals surface area contributed by atoms with Gasteiger partial charge in [-0.15, -0.1) is 0 Å². The lowest BCUT2D eigenvalue weighted by molar-refractivity contribution is -0.118. The second-order valence-electron chi connectivity index (χ2n) is 8.12. The summed E-state index contributed by atoms with van der Waals surface area (Å²) in [5, 5.41) is 5.45. The lowest BCUT2D eigenvalue weighted by Gasteiger charge is -2.27. The van der Waals surface area contributed by atoms with E-state index in [0.717, 1.165) is 18.9 Å².